The molecular formula is C10H14N2O4. The summed E-state index contributed by atoms with van der Waals surface area (Å²) in [4.78, 5) is 35.6. The molecule has 0 fully saturated rings. The Morgan fingerprint density at radius 1 is 1.31 bits per heavy atom. The number of hydrogen-bond acceptors (Lipinski definition) is 4. The number of nitrogens with zero attached hydrogens (tertiary/aromatic N) is 2. The van der Waals surface area contributed by atoms with Gasteiger partial charge in [0.2, 0.25) is 0 Å². The number of amides is 2. The Bertz CT molecular complexity index is 320. The molecule has 0 aromatic carbocycles. The first kappa shape index (κ1) is 12.4. The van der Waals surface area contributed by atoms with Crippen molar-refractivity contribution in [2.45, 2.75) is 6.42 Å². The maximum Gasteiger partial charge on any atom is 0.304 e. The minimum atomic E-state index is -0.859. The van der Waals surface area contributed by atoms with Gasteiger partial charge in [0, 0.05) is 31.8 Å². The van der Waals surface area contributed by atoms with Crippen molar-refractivity contribution in [2.24, 2.45) is 0 Å². The first-order valence-electron chi connectivity index (χ1n) is 4.94. The fourth-order valence-electron chi connectivity index (χ4n) is 1.32. The van der Waals surface area contributed by atoms with Gasteiger partial charge in [-0.05, 0) is 7.05 Å². The van der Waals surface area contributed by atoms with E-state index >= 15 is 0 Å². The maximum atomic E-state index is 11.2. The van der Waals surface area contributed by atoms with E-state index < -0.39 is 5.97 Å². The van der Waals surface area contributed by atoms with E-state index in [-0.39, 0.29) is 18.2 Å². The molecule has 0 aliphatic carbocycles. The molecule has 16 heavy (non-hydrogen) atoms. The van der Waals surface area contributed by atoms with Crippen LogP contribution in [-0.4, -0.2) is 59.4 Å². The normalized spacial score (nSPS) is 15.2. The molecule has 0 aromatic heterocycles. The van der Waals surface area contributed by atoms with Gasteiger partial charge in [-0.15, -0.1) is 0 Å². The Morgan fingerprint density at radius 3 is 2.38 bits per heavy atom. The van der Waals surface area contributed by atoms with Crippen molar-refractivity contribution in [2.75, 3.05) is 26.7 Å². The second-order valence-electron chi connectivity index (χ2n) is 3.61. The van der Waals surface area contributed by atoms with Crippen LogP contribution in [0.4, 0.5) is 0 Å². The molecule has 2 amide bonds. The van der Waals surface area contributed by atoms with Gasteiger partial charge < -0.3 is 10.0 Å². The molecule has 0 saturated heterocycles. The van der Waals surface area contributed by atoms with Gasteiger partial charge in [-0.1, -0.05) is 0 Å². The van der Waals surface area contributed by atoms with Gasteiger partial charge in [0.25, 0.3) is 11.8 Å². The Balaban J connectivity index is 2.26. The molecule has 6 nitrogen and oxygen atoms in total. The van der Waals surface area contributed by atoms with Crippen LogP contribution < -0.4 is 0 Å². The van der Waals surface area contributed by atoms with Gasteiger partial charge in [0.05, 0.1) is 6.42 Å². The van der Waals surface area contributed by atoms with E-state index in [0.717, 1.165) is 4.90 Å². The molecule has 0 saturated carbocycles. The summed E-state index contributed by atoms with van der Waals surface area (Å²) in [6.07, 6.45) is 2.52. The zero-order chi connectivity index (χ0) is 12.1. The first-order valence-corrected chi connectivity index (χ1v) is 4.94. The van der Waals surface area contributed by atoms with Gasteiger partial charge in [-0.25, -0.2) is 0 Å². The number of carboxylic acids is 1. The fourth-order valence-corrected chi connectivity index (χ4v) is 1.32. The third-order valence-corrected chi connectivity index (χ3v) is 2.31. The highest BCUT2D eigenvalue weighted by Gasteiger charge is 2.22. The minimum absolute atomic E-state index is 0.0522. The Morgan fingerprint density at radius 2 is 1.88 bits per heavy atom. The molecule has 0 radical (unpaired) electrons. The number of carboxylic acid groups (broad SMARTS) is 1. The molecule has 88 valence electrons. The fraction of sp³-hybridized carbons (Fsp3) is 0.500. The number of hydrogen-bond donors (Lipinski definition) is 1. The largest absolute Gasteiger partial charge is 0.481 e. The monoisotopic (exact) mass is 226 g/mol. The van der Waals surface area contributed by atoms with E-state index in [1.807, 2.05) is 0 Å². The Labute approximate surface area is 93.1 Å². The lowest BCUT2D eigenvalue weighted by Crippen LogP contribution is -2.37. The lowest BCUT2D eigenvalue weighted by Gasteiger charge is -2.19. The number of imide groups is 1. The zero-order valence-corrected chi connectivity index (χ0v) is 9.05. The summed E-state index contributed by atoms with van der Waals surface area (Å²) < 4.78 is 0. The van der Waals surface area contributed by atoms with Crippen molar-refractivity contribution >= 4 is 17.8 Å². The van der Waals surface area contributed by atoms with E-state index in [1.165, 1.54) is 12.2 Å². The van der Waals surface area contributed by atoms with Crippen LogP contribution in [0.1, 0.15) is 6.42 Å². The summed E-state index contributed by atoms with van der Waals surface area (Å²) in [5, 5.41) is 8.47. The SMILES string of the molecule is CN(CCC(=O)O)CCN1C(=O)C=CC1=O. The molecule has 0 bridgehead atoms. The van der Waals surface area contributed by atoms with Crippen LogP contribution in [0.2, 0.25) is 0 Å². The first-order chi connectivity index (χ1) is 7.50. The lowest BCUT2D eigenvalue weighted by molar-refractivity contribution is -0.139. The smallest absolute Gasteiger partial charge is 0.304 e. The molecule has 0 aromatic rings. The summed E-state index contributed by atoms with van der Waals surface area (Å²) >= 11 is 0. The molecule has 1 aliphatic rings. The average molecular weight is 226 g/mol. The van der Waals surface area contributed by atoms with Crippen LogP contribution in [0.3, 0.4) is 0 Å². The zero-order valence-electron chi connectivity index (χ0n) is 9.05. The number of rotatable bonds is 6. The third-order valence-electron chi connectivity index (χ3n) is 2.31. The van der Waals surface area contributed by atoms with Crippen LogP contribution >= 0.6 is 0 Å². The molecule has 1 aliphatic heterocycles. The lowest BCUT2D eigenvalue weighted by atomic mass is 10.4. The predicted molar refractivity (Wildman–Crippen MR) is 55.6 cm³/mol. The quantitative estimate of drug-likeness (QED) is 0.607. The van der Waals surface area contributed by atoms with E-state index in [9.17, 15) is 14.4 Å². The van der Waals surface area contributed by atoms with Crippen LogP contribution in [0.15, 0.2) is 12.2 Å². The molecule has 0 unspecified atom stereocenters. The van der Waals surface area contributed by atoms with Gasteiger partial charge >= 0.3 is 5.97 Å². The van der Waals surface area contributed by atoms with E-state index in [4.69, 9.17) is 5.11 Å². The van der Waals surface area contributed by atoms with Crippen molar-refractivity contribution < 1.29 is 19.5 Å². The highest BCUT2D eigenvalue weighted by atomic mass is 16.4. The molecule has 1 rings (SSSR count). The number of carbonyl (C=O) groups is 3. The van der Waals surface area contributed by atoms with Crippen LogP contribution in [-0.2, 0) is 14.4 Å². The predicted octanol–water partition coefficient (Wildman–Crippen LogP) is -0.682. The standard InChI is InChI=1S/C10H14N2O4/c1-11(5-4-10(15)16)6-7-12-8(13)2-3-9(12)14/h2-3H,4-7H2,1H3,(H,15,16). The molecule has 6 heteroatoms. The van der Waals surface area contributed by atoms with Gasteiger partial charge in [0.15, 0.2) is 0 Å². The van der Waals surface area contributed by atoms with Crippen LogP contribution in [0.25, 0.3) is 0 Å². The summed E-state index contributed by atoms with van der Waals surface area (Å²) in [7, 11) is 1.75. The average Bonchev–Trinajstić information content (AvgIpc) is 2.53. The van der Waals surface area contributed by atoms with E-state index in [1.54, 1.807) is 11.9 Å². The van der Waals surface area contributed by atoms with Crippen molar-refractivity contribution in [3.8, 4) is 0 Å². The molecule has 0 atom stereocenters. The number of carbonyl (C=O) groups excluding carboxylic acids is 2. The molecule has 1 N–H and O–H groups in total. The van der Waals surface area contributed by atoms with Gasteiger partial charge in [-0.2, -0.15) is 0 Å². The molecule has 1 heterocycles. The van der Waals surface area contributed by atoms with Crippen molar-refractivity contribution in [3.63, 3.8) is 0 Å². The van der Waals surface area contributed by atoms with E-state index in [0.29, 0.717) is 19.6 Å². The van der Waals surface area contributed by atoms with E-state index in [2.05, 4.69) is 0 Å². The third kappa shape index (κ3) is 3.47. The topological polar surface area (TPSA) is 77.9 Å². The minimum Gasteiger partial charge on any atom is -0.481 e. The van der Waals surface area contributed by atoms with Gasteiger partial charge in [-0.3, -0.25) is 19.3 Å². The number of aliphatic carboxylic acids is 1. The Kier molecular flexibility index (Phi) is 4.19. The van der Waals surface area contributed by atoms with Crippen LogP contribution in [0, 0.1) is 0 Å². The van der Waals surface area contributed by atoms with Crippen molar-refractivity contribution in [3.05, 3.63) is 12.2 Å². The van der Waals surface area contributed by atoms with Crippen molar-refractivity contribution in [1.82, 2.24) is 9.80 Å². The summed E-state index contributed by atoms with van der Waals surface area (Å²) in [6.45, 7) is 1.17. The second-order valence-corrected chi connectivity index (χ2v) is 3.61. The summed E-state index contributed by atoms with van der Waals surface area (Å²) in [5.74, 6) is -1.48. The second kappa shape index (κ2) is 5.41. The van der Waals surface area contributed by atoms with Gasteiger partial charge in [0.1, 0.15) is 0 Å². The Hall–Kier alpha value is -1.69. The summed E-state index contributed by atoms with van der Waals surface area (Å²) in [6, 6.07) is 0. The highest BCUT2D eigenvalue weighted by molar-refractivity contribution is 6.12. The number of likely N-dealkylation sites (N-methyl/N-ethyl adjacent to an activating group) is 1. The highest BCUT2D eigenvalue weighted by Crippen LogP contribution is 2.03. The maximum absolute atomic E-state index is 11.2. The molecular weight excluding hydrogens is 212 g/mol. The van der Waals surface area contributed by atoms with Crippen molar-refractivity contribution in [1.29, 1.82) is 0 Å². The van der Waals surface area contributed by atoms with Crippen LogP contribution in [0.5, 0.6) is 0 Å². The molecule has 0 spiro atoms. The summed E-state index contributed by atoms with van der Waals surface area (Å²) in [5.41, 5.74) is 0.